The number of carbonyl (C=O) groups excluding carboxylic acids is 1. The highest BCUT2D eigenvalue weighted by atomic mass is 35.5. The molecule has 1 atom stereocenters. The van der Waals surface area contributed by atoms with Crippen molar-refractivity contribution in [3.05, 3.63) is 34.9 Å². The Morgan fingerprint density at radius 3 is 2.76 bits per heavy atom. The minimum absolute atomic E-state index is 0.0715. The molecule has 1 aliphatic rings. The van der Waals surface area contributed by atoms with E-state index in [4.69, 9.17) is 11.6 Å². The molecule has 1 N–H and O–H groups in total. The van der Waals surface area contributed by atoms with E-state index in [0.29, 0.717) is 19.5 Å². The smallest absolute Gasteiger partial charge is 0.281 e. The highest BCUT2D eigenvalue weighted by Crippen LogP contribution is 2.20. The van der Waals surface area contributed by atoms with E-state index in [1.54, 1.807) is 0 Å². The normalized spacial score (nSPS) is 19.1. The summed E-state index contributed by atoms with van der Waals surface area (Å²) in [6, 6.07) is 7.68. The molecule has 1 aromatic rings. The molecule has 1 aliphatic heterocycles. The maximum atomic E-state index is 12.3. The number of amides is 1. The van der Waals surface area contributed by atoms with Crippen LogP contribution in [0, 0.1) is 5.92 Å². The number of halogens is 1. The van der Waals surface area contributed by atoms with E-state index < -0.39 is 10.2 Å². The van der Waals surface area contributed by atoms with E-state index in [0.717, 1.165) is 29.8 Å². The van der Waals surface area contributed by atoms with E-state index in [1.165, 1.54) is 22.7 Å². The zero-order chi connectivity index (χ0) is 18.4. The minimum Gasteiger partial charge on any atom is -0.356 e. The lowest BCUT2D eigenvalue weighted by molar-refractivity contribution is -0.126. The quantitative estimate of drug-likeness (QED) is 0.726. The number of hydrogen-bond donors (Lipinski definition) is 1. The molecule has 0 bridgehead atoms. The Balaban J connectivity index is 1.80. The first-order chi connectivity index (χ1) is 11.8. The molecule has 0 radical (unpaired) electrons. The van der Waals surface area contributed by atoms with Crippen molar-refractivity contribution in [3.8, 4) is 0 Å². The number of rotatable bonds is 7. The highest BCUT2D eigenvalue weighted by molar-refractivity contribution is 7.86. The van der Waals surface area contributed by atoms with Gasteiger partial charge in [0.25, 0.3) is 10.2 Å². The Labute approximate surface area is 155 Å². The second-order valence-corrected chi connectivity index (χ2v) is 9.02. The van der Waals surface area contributed by atoms with E-state index >= 15 is 0 Å². The van der Waals surface area contributed by atoms with Crippen molar-refractivity contribution in [3.63, 3.8) is 0 Å². The van der Waals surface area contributed by atoms with Crippen LogP contribution in [0.25, 0.3) is 0 Å². The molecular formula is C17H26ClN3O3S. The van der Waals surface area contributed by atoms with Gasteiger partial charge in [-0.05, 0) is 37.3 Å². The second-order valence-electron chi connectivity index (χ2n) is 6.47. The van der Waals surface area contributed by atoms with Crippen molar-refractivity contribution >= 4 is 27.7 Å². The van der Waals surface area contributed by atoms with Gasteiger partial charge < -0.3 is 5.32 Å². The number of hydrogen-bond acceptors (Lipinski definition) is 3. The molecule has 1 saturated heterocycles. The first-order valence-corrected chi connectivity index (χ1v) is 10.3. The SMILES string of the molecule is CN(C)S(=O)(=O)N1CCC[C@H](C(=O)NCCCc2ccccc2Cl)C1. The lowest BCUT2D eigenvalue weighted by atomic mass is 9.99. The number of carbonyl (C=O) groups is 1. The molecule has 6 nitrogen and oxygen atoms in total. The van der Waals surface area contributed by atoms with Crippen LogP contribution in [0.2, 0.25) is 5.02 Å². The molecular weight excluding hydrogens is 362 g/mol. The number of aryl methyl sites for hydroxylation is 1. The molecule has 2 rings (SSSR count). The molecule has 1 heterocycles. The van der Waals surface area contributed by atoms with Gasteiger partial charge in [-0.3, -0.25) is 4.79 Å². The summed E-state index contributed by atoms with van der Waals surface area (Å²) in [5, 5.41) is 3.67. The maximum Gasteiger partial charge on any atom is 0.281 e. The van der Waals surface area contributed by atoms with Crippen molar-refractivity contribution < 1.29 is 13.2 Å². The predicted molar refractivity (Wildman–Crippen MR) is 99.7 cm³/mol. The third kappa shape index (κ3) is 5.41. The molecule has 0 saturated carbocycles. The third-order valence-corrected chi connectivity index (χ3v) is 6.70. The van der Waals surface area contributed by atoms with Gasteiger partial charge in [-0.1, -0.05) is 29.8 Å². The number of benzene rings is 1. The highest BCUT2D eigenvalue weighted by Gasteiger charge is 2.33. The van der Waals surface area contributed by atoms with Crippen molar-refractivity contribution in [2.75, 3.05) is 33.7 Å². The Bertz CT molecular complexity index is 694. The van der Waals surface area contributed by atoms with Crippen molar-refractivity contribution in [1.29, 1.82) is 0 Å². The Morgan fingerprint density at radius 2 is 2.08 bits per heavy atom. The fraction of sp³-hybridized carbons (Fsp3) is 0.588. The maximum absolute atomic E-state index is 12.3. The zero-order valence-corrected chi connectivity index (χ0v) is 16.3. The van der Waals surface area contributed by atoms with Crippen LogP contribution in [0.5, 0.6) is 0 Å². The van der Waals surface area contributed by atoms with Gasteiger partial charge in [0, 0.05) is 38.8 Å². The van der Waals surface area contributed by atoms with Gasteiger partial charge in [-0.15, -0.1) is 0 Å². The van der Waals surface area contributed by atoms with Crippen LogP contribution in [-0.4, -0.2) is 56.7 Å². The Kier molecular flexibility index (Phi) is 7.25. The van der Waals surface area contributed by atoms with E-state index in [2.05, 4.69) is 5.32 Å². The summed E-state index contributed by atoms with van der Waals surface area (Å²) >= 11 is 6.12. The summed E-state index contributed by atoms with van der Waals surface area (Å²) in [7, 11) is -0.445. The summed E-state index contributed by atoms with van der Waals surface area (Å²) in [6.45, 7) is 1.27. The molecule has 1 aromatic carbocycles. The first-order valence-electron chi connectivity index (χ1n) is 8.51. The van der Waals surface area contributed by atoms with Crippen LogP contribution < -0.4 is 5.32 Å². The van der Waals surface area contributed by atoms with Gasteiger partial charge in [0.15, 0.2) is 0 Å². The zero-order valence-electron chi connectivity index (χ0n) is 14.7. The molecule has 8 heteroatoms. The molecule has 0 spiro atoms. The van der Waals surface area contributed by atoms with Gasteiger partial charge >= 0.3 is 0 Å². The van der Waals surface area contributed by atoms with Crippen LogP contribution >= 0.6 is 11.6 Å². The van der Waals surface area contributed by atoms with Crippen molar-refractivity contribution in [2.24, 2.45) is 5.92 Å². The summed E-state index contributed by atoms with van der Waals surface area (Å²) in [5.41, 5.74) is 1.07. The number of piperidine rings is 1. The van der Waals surface area contributed by atoms with Gasteiger partial charge in [0.1, 0.15) is 0 Å². The minimum atomic E-state index is -3.46. The standard InChI is InChI=1S/C17H26ClN3O3S/c1-20(2)25(23,24)21-12-6-9-15(13-21)17(22)19-11-5-8-14-7-3-4-10-16(14)18/h3-4,7,10,15H,5-6,8-9,11-13H2,1-2H3,(H,19,22)/t15-/m0/s1. The van der Waals surface area contributed by atoms with Crippen molar-refractivity contribution in [1.82, 2.24) is 13.9 Å². The van der Waals surface area contributed by atoms with Crippen molar-refractivity contribution in [2.45, 2.75) is 25.7 Å². The van der Waals surface area contributed by atoms with Gasteiger partial charge in [0.05, 0.1) is 5.92 Å². The molecule has 1 amide bonds. The van der Waals surface area contributed by atoms with Crippen LogP contribution in [0.1, 0.15) is 24.8 Å². The molecule has 140 valence electrons. The fourth-order valence-corrected chi connectivity index (χ4v) is 4.35. The summed E-state index contributed by atoms with van der Waals surface area (Å²) < 4.78 is 27.0. The number of nitrogens with one attached hydrogen (secondary N) is 1. The molecule has 0 aromatic heterocycles. The van der Waals surface area contributed by atoms with Crippen LogP contribution in [0.3, 0.4) is 0 Å². The lowest BCUT2D eigenvalue weighted by Gasteiger charge is -2.32. The van der Waals surface area contributed by atoms with Crippen LogP contribution in [0.15, 0.2) is 24.3 Å². The van der Waals surface area contributed by atoms with E-state index in [-0.39, 0.29) is 18.4 Å². The fourth-order valence-electron chi connectivity index (χ4n) is 2.93. The summed E-state index contributed by atoms with van der Waals surface area (Å²) in [4.78, 5) is 12.3. The molecule has 0 unspecified atom stereocenters. The summed E-state index contributed by atoms with van der Waals surface area (Å²) in [5.74, 6) is -0.360. The first kappa shape index (κ1) is 20.2. The van der Waals surface area contributed by atoms with Crippen LogP contribution in [0.4, 0.5) is 0 Å². The monoisotopic (exact) mass is 387 g/mol. The Hall–Kier alpha value is -1.15. The molecule has 0 aliphatic carbocycles. The van der Waals surface area contributed by atoms with E-state index in [9.17, 15) is 13.2 Å². The second kappa shape index (κ2) is 8.98. The van der Waals surface area contributed by atoms with E-state index in [1.807, 2.05) is 24.3 Å². The Morgan fingerprint density at radius 1 is 1.36 bits per heavy atom. The van der Waals surface area contributed by atoms with Gasteiger partial charge in [-0.25, -0.2) is 0 Å². The van der Waals surface area contributed by atoms with Gasteiger partial charge in [0.2, 0.25) is 5.91 Å². The molecule has 25 heavy (non-hydrogen) atoms. The predicted octanol–water partition coefficient (Wildman–Crippen LogP) is 1.91. The average Bonchev–Trinajstić information content (AvgIpc) is 2.60. The lowest BCUT2D eigenvalue weighted by Crippen LogP contribution is -2.48. The van der Waals surface area contributed by atoms with Crippen LogP contribution in [-0.2, 0) is 21.4 Å². The third-order valence-electron chi connectivity index (χ3n) is 4.42. The average molecular weight is 388 g/mol. The largest absolute Gasteiger partial charge is 0.356 e. The van der Waals surface area contributed by atoms with Gasteiger partial charge in [-0.2, -0.15) is 17.0 Å². The topological polar surface area (TPSA) is 69.7 Å². The number of nitrogens with zero attached hydrogens (tertiary/aromatic N) is 2. The molecule has 1 fully saturated rings. The summed E-state index contributed by atoms with van der Waals surface area (Å²) in [6.07, 6.45) is 3.01.